The van der Waals surface area contributed by atoms with E-state index in [9.17, 15) is 4.79 Å². The first-order chi connectivity index (χ1) is 11.3. The zero-order chi connectivity index (χ0) is 16.1. The van der Waals surface area contributed by atoms with Gasteiger partial charge in [-0.05, 0) is 18.6 Å². The Balaban J connectivity index is 2.03. The van der Waals surface area contributed by atoms with Crippen LogP contribution in [0.1, 0.15) is 12.1 Å². The van der Waals surface area contributed by atoms with Crippen molar-refractivity contribution in [1.29, 1.82) is 0 Å². The molecule has 5 nitrogen and oxygen atoms in total. The molecule has 1 aromatic heterocycles. The van der Waals surface area contributed by atoms with Crippen LogP contribution >= 0.6 is 0 Å². The molecule has 0 aliphatic rings. The fourth-order valence-corrected chi connectivity index (χ4v) is 2.55. The summed E-state index contributed by atoms with van der Waals surface area (Å²) in [4.78, 5) is 15.9. The van der Waals surface area contributed by atoms with Crippen molar-refractivity contribution in [2.45, 2.75) is 12.8 Å². The normalized spacial score (nSPS) is 10.5. The van der Waals surface area contributed by atoms with Crippen LogP contribution in [0.4, 0.5) is 0 Å². The summed E-state index contributed by atoms with van der Waals surface area (Å²) in [6.07, 6.45) is 2.43. The molecule has 0 spiro atoms. The van der Waals surface area contributed by atoms with Crippen LogP contribution in [0.15, 0.2) is 67.0 Å². The maximum absolute atomic E-state index is 11.4. The quantitative estimate of drug-likeness (QED) is 0.562. The van der Waals surface area contributed by atoms with E-state index in [0.29, 0.717) is 6.42 Å². The van der Waals surface area contributed by atoms with E-state index < -0.39 is 5.91 Å². The molecule has 0 atom stereocenters. The number of nitrogens with zero attached hydrogens (tertiary/aromatic N) is 2. The lowest BCUT2D eigenvalue weighted by molar-refractivity contribution is -0.129. The van der Waals surface area contributed by atoms with Gasteiger partial charge in [0.05, 0.1) is 11.4 Å². The first-order valence-electron chi connectivity index (χ1n) is 7.39. The van der Waals surface area contributed by atoms with Gasteiger partial charge in [0.15, 0.2) is 0 Å². The molecule has 1 amide bonds. The molecule has 0 bridgehead atoms. The molecular formula is C18H17N3O2. The molecule has 0 saturated heterocycles. The molecule has 2 N–H and O–H groups in total. The van der Waals surface area contributed by atoms with Gasteiger partial charge < -0.3 is 4.57 Å². The summed E-state index contributed by atoms with van der Waals surface area (Å²) in [5.41, 5.74) is 5.45. The molecule has 23 heavy (non-hydrogen) atoms. The predicted molar refractivity (Wildman–Crippen MR) is 87.3 cm³/mol. The first-order valence-corrected chi connectivity index (χ1v) is 7.39. The molecule has 0 saturated carbocycles. The number of rotatable bonds is 5. The molecule has 0 aliphatic heterocycles. The zero-order valence-corrected chi connectivity index (χ0v) is 12.5. The molecule has 0 unspecified atom stereocenters. The number of para-hydroxylation sites is 1. The fraction of sp³-hybridized carbons (Fsp3) is 0.111. The molecule has 0 radical (unpaired) electrons. The summed E-state index contributed by atoms with van der Waals surface area (Å²) in [7, 11) is 0. The van der Waals surface area contributed by atoms with Crippen LogP contribution in [0.3, 0.4) is 0 Å². The summed E-state index contributed by atoms with van der Waals surface area (Å²) in [5, 5.41) is 8.71. The Morgan fingerprint density at radius 3 is 2.35 bits per heavy atom. The molecule has 0 aliphatic carbocycles. The smallest absolute Gasteiger partial charge is 0.243 e. The number of carbonyl (C=O) groups excluding carboxylic acids is 1. The second kappa shape index (κ2) is 6.89. The van der Waals surface area contributed by atoms with Gasteiger partial charge in [-0.2, -0.15) is 0 Å². The molecule has 5 heteroatoms. The number of carbonyl (C=O) groups is 1. The van der Waals surface area contributed by atoms with Gasteiger partial charge >= 0.3 is 0 Å². The lowest BCUT2D eigenvalue weighted by atomic mass is 10.1. The van der Waals surface area contributed by atoms with Crippen LogP contribution in [-0.2, 0) is 11.2 Å². The third-order valence-corrected chi connectivity index (χ3v) is 3.66. The first kappa shape index (κ1) is 15.0. The van der Waals surface area contributed by atoms with Gasteiger partial charge in [0, 0.05) is 17.7 Å². The SMILES string of the molecule is O=C(CCc1c(-c2ccccc2)ncn1-c1ccccc1)NO. The highest BCUT2D eigenvalue weighted by atomic mass is 16.5. The van der Waals surface area contributed by atoms with Gasteiger partial charge in [0.1, 0.15) is 6.33 Å². The largest absolute Gasteiger partial charge is 0.303 e. The Bertz CT molecular complexity index is 726. The monoisotopic (exact) mass is 307 g/mol. The van der Waals surface area contributed by atoms with Crippen molar-refractivity contribution >= 4 is 5.91 Å². The number of nitrogens with one attached hydrogen (secondary N) is 1. The molecule has 1 heterocycles. The molecule has 3 rings (SSSR count). The molecule has 116 valence electrons. The van der Waals surface area contributed by atoms with Crippen molar-refractivity contribution in [1.82, 2.24) is 15.0 Å². The van der Waals surface area contributed by atoms with Crippen LogP contribution in [0, 0.1) is 0 Å². The summed E-state index contributed by atoms with van der Waals surface area (Å²) in [5.74, 6) is -0.412. The Morgan fingerprint density at radius 1 is 1.04 bits per heavy atom. The van der Waals surface area contributed by atoms with Gasteiger partial charge in [-0.25, -0.2) is 10.5 Å². The van der Waals surface area contributed by atoms with Crippen molar-refractivity contribution < 1.29 is 10.0 Å². The second-order valence-corrected chi connectivity index (χ2v) is 5.15. The Labute approximate surface area is 134 Å². The fourth-order valence-electron chi connectivity index (χ4n) is 2.55. The number of hydrogen-bond acceptors (Lipinski definition) is 3. The van der Waals surface area contributed by atoms with Gasteiger partial charge in [0.2, 0.25) is 5.91 Å². The van der Waals surface area contributed by atoms with Crippen molar-refractivity contribution in [3.8, 4) is 16.9 Å². The predicted octanol–water partition coefficient (Wildman–Crippen LogP) is 2.98. The number of aromatic nitrogens is 2. The van der Waals surface area contributed by atoms with E-state index in [-0.39, 0.29) is 6.42 Å². The van der Waals surface area contributed by atoms with Crippen molar-refractivity contribution in [3.05, 3.63) is 72.7 Å². The summed E-state index contributed by atoms with van der Waals surface area (Å²) in [6.45, 7) is 0. The van der Waals surface area contributed by atoms with E-state index in [0.717, 1.165) is 22.6 Å². The number of amides is 1. The van der Waals surface area contributed by atoms with E-state index >= 15 is 0 Å². The Morgan fingerprint density at radius 2 is 1.70 bits per heavy atom. The van der Waals surface area contributed by atoms with E-state index in [1.54, 1.807) is 11.8 Å². The van der Waals surface area contributed by atoms with Crippen molar-refractivity contribution in [2.24, 2.45) is 0 Å². The van der Waals surface area contributed by atoms with Crippen molar-refractivity contribution in [2.75, 3.05) is 0 Å². The van der Waals surface area contributed by atoms with E-state index in [1.807, 2.05) is 65.2 Å². The van der Waals surface area contributed by atoms with Crippen LogP contribution in [0.25, 0.3) is 16.9 Å². The summed E-state index contributed by atoms with van der Waals surface area (Å²) < 4.78 is 1.98. The maximum atomic E-state index is 11.4. The number of hydrogen-bond donors (Lipinski definition) is 2. The van der Waals surface area contributed by atoms with Crippen LogP contribution in [-0.4, -0.2) is 20.7 Å². The average Bonchev–Trinajstić information content (AvgIpc) is 3.05. The number of imidazole rings is 1. The highest BCUT2D eigenvalue weighted by Gasteiger charge is 2.15. The third kappa shape index (κ3) is 3.30. The Hall–Kier alpha value is -2.92. The van der Waals surface area contributed by atoms with E-state index in [2.05, 4.69) is 4.98 Å². The van der Waals surface area contributed by atoms with E-state index in [4.69, 9.17) is 5.21 Å². The van der Waals surface area contributed by atoms with Gasteiger partial charge in [-0.3, -0.25) is 10.0 Å². The van der Waals surface area contributed by atoms with Crippen LogP contribution < -0.4 is 5.48 Å². The topological polar surface area (TPSA) is 67.2 Å². The summed E-state index contributed by atoms with van der Waals surface area (Å²) in [6, 6.07) is 19.7. The van der Waals surface area contributed by atoms with Crippen molar-refractivity contribution in [3.63, 3.8) is 0 Å². The summed E-state index contributed by atoms with van der Waals surface area (Å²) >= 11 is 0. The van der Waals surface area contributed by atoms with Crippen LogP contribution in [0.2, 0.25) is 0 Å². The Kier molecular flexibility index (Phi) is 4.49. The minimum atomic E-state index is -0.412. The second-order valence-electron chi connectivity index (χ2n) is 5.15. The number of benzene rings is 2. The van der Waals surface area contributed by atoms with Crippen LogP contribution in [0.5, 0.6) is 0 Å². The third-order valence-electron chi connectivity index (χ3n) is 3.66. The van der Waals surface area contributed by atoms with Gasteiger partial charge in [-0.1, -0.05) is 48.5 Å². The van der Waals surface area contributed by atoms with Gasteiger partial charge in [-0.15, -0.1) is 0 Å². The van der Waals surface area contributed by atoms with E-state index in [1.165, 1.54) is 0 Å². The molecule has 0 fully saturated rings. The lowest BCUT2D eigenvalue weighted by Gasteiger charge is -2.10. The lowest BCUT2D eigenvalue weighted by Crippen LogP contribution is -2.19. The minimum Gasteiger partial charge on any atom is -0.303 e. The molecule has 2 aromatic carbocycles. The maximum Gasteiger partial charge on any atom is 0.243 e. The number of hydroxylamine groups is 1. The minimum absolute atomic E-state index is 0.189. The zero-order valence-electron chi connectivity index (χ0n) is 12.5. The van der Waals surface area contributed by atoms with Gasteiger partial charge in [0.25, 0.3) is 0 Å². The average molecular weight is 307 g/mol. The standard InChI is InChI=1S/C18H17N3O2/c22-17(20-23)12-11-16-18(14-7-3-1-4-8-14)19-13-21(16)15-9-5-2-6-10-15/h1-10,13,23H,11-12H2,(H,20,22). The molecular weight excluding hydrogens is 290 g/mol. The molecule has 3 aromatic rings. The highest BCUT2D eigenvalue weighted by Crippen LogP contribution is 2.25. The highest BCUT2D eigenvalue weighted by molar-refractivity contribution is 5.75.